The Bertz CT molecular complexity index is 482. The van der Waals surface area contributed by atoms with Crippen molar-refractivity contribution in [2.75, 3.05) is 0 Å². The van der Waals surface area contributed by atoms with Gasteiger partial charge in [0.2, 0.25) is 0 Å². The molecule has 0 unspecified atom stereocenters. The van der Waals surface area contributed by atoms with Crippen molar-refractivity contribution in [3.8, 4) is 11.3 Å². The second kappa shape index (κ2) is 4.24. The van der Waals surface area contributed by atoms with Crippen LogP contribution in [0.15, 0.2) is 42.6 Å². The van der Waals surface area contributed by atoms with Crippen molar-refractivity contribution in [2.24, 2.45) is 0 Å². The van der Waals surface area contributed by atoms with Gasteiger partial charge in [0.25, 0.3) is 0 Å². The Kier molecular flexibility index (Phi) is 2.79. The lowest BCUT2D eigenvalue weighted by atomic mass is 10.1. The molecule has 0 amide bonds. The second-order valence-electron chi connectivity index (χ2n) is 3.08. The van der Waals surface area contributed by atoms with Gasteiger partial charge in [-0.05, 0) is 6.07 Å². The number of aldehydes is 1. The molecular weight excluding hydrogens is 210 g/mol. The maximum Gasteiger partial charge on any atom is 0.151 e. The molecule has 74 valence electrons. The van der Waals surface area contributed by atoms with E-state index in [1.807, 2.05) is 30.3 Å². The van der Waals surface area contributed by atoms with Crippen LogP contribution >= 0.6 is 11.6 Å². The van der Waals surface area contributed by atoms with Crippen molar-refractivity contribution < 1.29 is 4.79 Å². The van der Waals surface area contributed by atoms with E-state index in [0.29, 0.717) is 16.3 Å². The van der Waals surface area contributed by atoms with E-state index in [-0.39, 0.29) is 0 Å². The number of carbonyl (C=O) groups excluding carboxylic acids is 1. The molecular formula is C12H8ClNO. The molecule has 3 heteroatoms. The molecule has 0 aliphatic carbocycles. The maximum atomic E-state index is 10.5. The highest BCUT2D eigenvalue weighted by atomic mass is 35.5. The lowest BCUT2D eigenvalue weighted by molar-refractivity contribution is 0.112. The van der Waals surface area contributed by atoms with Gasteiger partial charge in [0.15, 0.2) is 6.29 Å². The predicted octanol–water partition coefficient (Wildman–Crippen LogP) is 3.21. The Balaban J connectivity index is 2.51. The molecule has 0 bridgehead atoms. The number of carbonyl (C=O) groups is 1. The van der Waals surface area contributed by atoms with E-state index in [9.17, 15) is 4.79 Å². The van der Waals surface area contributed by atoms with Crippen molar-refractivity contribution >= 4 is 17.9 Å². The highest BCUT2D eigenvalue weighted by Gasteiger charge is 2.05. The summed E-state index contributed by atoms with van der Waals surface area (Å²) in [5.74, 6) is 0. The summed E-state index contributed by atoms with van der Waals surface area (Å²) < 4.78 is 0. The number of hydrogen-bond donors (Lipinski definition) is 0. The highest BCUT2D eigenvalue weighted by Crippen LogP contribution is 2.25. The van der Waals surface area contributed by atoms with Crippen molar-refractivity contribution in [2.45, 2.75) is 0 Å². The molecule has 2 nitrogen and oxygen atoms in total. The first kappa shape index (κ1) is 9.87. The number of rotatable bonds is 2. The van der Waals surface area contributed by atoms with Crippen LogP contribution in [0, 0.1) is 0 Å². The molecule has 0 aliphatic rings. The molecule has 0 radical (unpaired) electrons. The minimum absolute atomic E-state index is 0.486. The third kappa shape index (κ3) is 2.05. The van der Waals surface area contributed by atoms with E-state index in [1.54, 1.807) is 6.07 Å². The van der Waals surface area contributed by atoms with Gasteiger partial charge in [0, 0.05) is 17.3 Å². The molecule has 15 heavy (non-hydrogen) atoms. The van der Waals surface area contributed by atoms with Crippen LogP contribution in [0.25, 0.3) is 11.3 Å². The zero-order valence-electron chi connectivity index (χ0n) is 7.85. The van der Waals surface area contributed by atoms with Crippen LogP contribution in [0.4, 0.5) is 0 Å². The molecule has 0 spiro atoms. The topological polar surface area (TPSA) is 30.0 Å². The van der Waals surface area contributed by atoms with Crippen LogP contribution in [-0.2, 0) is 0 Å². The summed E-state index contributed by atoms with van der Waals surface area (Å²) in [5, 5.41) is 0.491. The van der Waals surface area contributed by atoms with Crippen molar-refractivity contribution in [3.63, 3.8) is 0 Å². The lowest BCUT2D eigenvalue weighted by Crippen LogP contribution is -1.88. The van der Waals surface area contributed by atoms with Crippen LogP contribution in [-0.4, -0.2) is 11.3 Å². The summed E-state index contributed by atoms with van der Waals surface area (Å²) in [5.41, 5.74) is 2.13. The van der Waals surface area contributed by atoms with Gasteiger partial charge in [0.05, 0.1) is 10.7 Å². The fourth-order valence-electron chi connectivity index (χ4n) is 1.33. The third-order valence-electron chi connectivity index (χ3n) is 2.05. The lowest BCUT2D eigenvalue weighted by Gasteiger charge is -2.03. The van der Waals surface area contributed by atoms with Crippen molar-refractivity contribution in [1.82, 2.24) is 4.98 Å². The molecule has 0 saturated heterocycles. The van der Waals surface area contributed by atoms with Crippen LogP contribution in [0.5, 0.6) is 0 Å². The highest BCUT2D eigenvalue weighted by molar-refractivity contribution is 6.33. The maximum absolute atomic E-state index is 10.5. The van der Waals surface area contributed by atoms with Crippen LogP contribution in [0.1, 0.15) is 10.4 Å². The Labute approximate surface area is 92.5 Å². The number of hydrogen-bond acceptors (Lipinski definition) is 2. The first-order valence-electron chi connectivity index (χ1n) is 4.47. The monoisotopic (exact) mass is 217 g/mol. The Hall–Kier alpha value is -1.67. The van der Waals surface area contributed by atoms with Gasteiger partial charge in [-0.3, -0.25) is 9.78 Å². The zero-order valence-corrected chi connectivity index (χ0v) is 8.61. The van der Waals surface area contributed by atoms with Gasteiger partial charge in [-0.1, -0.05) is 41.9 Å². The smallest absolute Gasteiger partial charge is 0.151 e. The van der Waals surface area contributed by atoms with Crippen LogP contribution < -0.4 is 0 Å². The molecule has 1 aromatic heterocycles. The number of halogens is 1. The molecule has 2 rings (SSSR count). The molecule has 0 fully saturated rings. The van der Waals surface area contributed by atoms with E-state index >= 15 is 0 Å². The van der Waals surface area contributed by atoms with E-state index < -0.39 is 0 Å². The Morgan fingerprint density at radius 2 is 1.93 bits per heavy atom. The minimum Gasteiger partial charge on any atom is -0.298 e. The first-order chi connectivity index (χ1) is 7.31. The summed E-state index contributed by atoms with van der Waals surface area (Å²) in [6.45, 7) is 0. The summed E-state index contributed by atoms with van der Waals surface area (Å²) in [7, 11) is 0. The number of benzene rings is 1. The number of nitrogens with zero attached hydrogens (tertiary/aromatic N) is 1. The van der Waals surface area contributed by atoms with Gasteiger partial charge < -0.3 is 0 Å². The van der Waals surface area contributed by atoms with E-state index in [1.165, 1.54) is 6.20 Å². The molecule has 0 aliphatic heterocycles. The predicted molar refractivity (Wildman–Crippen MR) is 60.1 cm³/mol. The van der Waals surface area contributed by atoms with Gasteiger partial charge in [-0.15, -0.1) is 0 Å². The Morgan fingerprint density at radius 3 is 2.53 bits per heavy atom. The van der Waals surface area contributed by atoms with Gasteiger partial charge in [-0.2, -0.15) is 0 Å². The normalized spacial score (nSPS) is 9.93. The molecule has 0 atom stereocenters. The standard InChI is InChI=1S/C12H8ClNO/c13-11-6-9(8-15)7-14-12(11)10-4-2-1-3-5-10/h1-8H. The zero-order chi connectivity index (χ0) is 10.7. The molecule has 1 heterocycles. The Morgan fingerprint density at radius 1 is 1.20 bits per heavy atom. The molecule has 1 aromatic carbocycles. The fraction of sp³-hybridized carbons (Fsp3) is 0. The average Bonchev–Trinajstić information content (AvgIpc) is 2.30. The number of aromatic nitrogens is 1. The fourth-order valence-corrected chi connectivity index (χ4v) is 1.61. The summed E-state index contributed by atoms with van der Waals surface area (Å²) in [6, 6.07) is 11.2. The van der Waals surface area contributed by atoms with Crippen LogP contribution in [0.3, 0.4) is 0 Å². The van der Waals surface area contributed by atoms with E-state index in [0.717, 1.165) is 11.8 Å². The molecule has 0 saturated carbocycles. The van der Waals surface area contributed by atoms with E-state index in [2.05, 4.69) is 4.98 Å². The van der Waals surface area contributed by atoms with Crippen LogP contribution in [0.2, 0.25) is 5.02 Å². The molecule has 0 N–H and O–H groups in total. The van der Waals surface area contributed by atoms with Gasteiger partial charge in [-0.25, -0.2) is 0 Å². The number of pyridine rings is 1. The largest absolute Gasteiger partial charge is 0.298 e. The summed E-state index contributed by atoms with van der Waals surface area (Å²) >= 11 is 6.02. The average molecular weight is 218 g/mol. The summed E-state index contributed by atoms with van der Waals surface area (Å²) in [6.07, 6.45) is 2.24. The minimum atomic E-state index is 0.486. The summed E-state index contributed by atoms with van der Waals surface area (Å²) in [4.78, 5) is 14.7. The van der Waals surface area contributed by atoms with Crippen molar-refractivity contribution in [1.29, 1.82) is 0 Å². The second-order valence-corrected chi connectivity index (χ2v) is 3.49. The third-order valence-corrected chi connectivity index (χ3v) is 2.33. The van der Waals surface area contributed by atoms with Crippen molar-refractivity contribution in [3.05, 3.63) is 53.2 Å². The van der Waals surface area contributed by atoms with Gasteiger partial charge >= 0.3 is 0 Å². The quantitative estimate of drug-likeness (QED) is 0.723. The first-order valence-corrected chi connectivity index (χ1v) is 4.85. The van der Waals surface area contributed by atoms with Gasteiger partial charge in [0.1, 0.15) is 0 Å². The van der Waals surface area contributed by atoms with E-state index in [4.69, 9.17) is 11.6 Å². The SMILES string of the molecule is O=Cc1cnc(-c2ccccc2)c(Cl)c1. The molecule has 2 aromatic rings.